The van der Waals surface area contributed by atoms with Gasteiger partial charge >= 0.3 is 0 Å². The Morgan fingerprint density at radius 1 is 1.27 bits per heavy atom. The summed E-state index contributed by atoms with van der Waals surface area (Å²) in [6, 6.07) is 0. The van der Waals surface area contributed by atoms with E-state index in [1.165, 1.54) is 0 Å². The molecule has 0 fully saturated rings. The molecule has 2 N–H and O–H groups in total. The number of aliphatic hydroxyl groups excluding tert-OH is 1. The Balaban J connectivity index is 3.34. The Morgan fingerprint density at radius 2 is 1.93 bits per heavy atom. The summed E-state index contributed by atoms with van der Waals surface area (Å²) in [5.41, 5.74) is 0. The first-order chi connectivity index (χ1) is 7.06. The van der Waals surface area contributed by atoms with Crippen LogP contribution in [0.2, 0.25) is 0 Å². The Bertz CT molecular complexity index is 145. The number of nitrogens with one attached hydrogen (secondary N) is 1. The third-order valence-electron chi connectivity index (χ3n) is 1.95. The summed E-state index contributed by atoms with van der Waals surface area (Å²) in [6.07, 6.45) is 1.91. The van der Waals surface area contributed by atoms with Crippen LogP contribution in [0.5, 0.6) is 0 Å². The van der Waals surface area contributed by atoms with Gasteiger partial charge in [-0.1, -0.05) is 6.92 Å². The second-order valence-electron chi connectivity index (χ2n) is 4.25. The number of hydrogen-bond donors (Lipinski definition) is 2. The summed E-state index contributed by atoms with van der Waals surface area (Å²) >= 11 is 1.86. The summed E-state index contributed by atoms with van der Waals surface area (Å²) < 4.78 is 5.31. The highest BCUT2D eigenvalue weighted by atomic mass is 32.2. The van der Waals surface area contributed by atoms with Gasteiger partial charge in [0.2, 0.25) is 0 Å². The largest absolute Gasteiger partial charge is 0.389 e. The van der Waals surface area contributed by atoms with Gasteiger partial charge in [-0.3, -0.25) is 0 Å². The predicted octanol–water partition coefficient (Wildman–Crippen LogP) is 1.36. The molecule has 0 aliphatic carbocycles. The minimum atomic E-state index is -0.395. The quantitative estimate of drug-likeness (QED) is 0.633. The Kier molecular flexibility index (Phi) is 9.60. The molecule has 15 heavy (non-hydrogen) atoms. The average molecular weight is 235 g/mol. The van der Waals surface area contributed by atoms with Gasteiger partial charge in [0.1, 0.15) is 0 Å². The fraction of sp³-hybridized carbons (Fsp3) is 1.00. The Morgan fingerprint density at radius 3 is 2.47 bits per heavy atom. The van der Waals surface area contributed by atoms with Crippen molar-refractivity contribution in [3.63, 3.8) is 0 Å². The monoisotopic (exact) mass is 235 g/mol. The molecule has 0 radical (unpaired) electrons. The molecule has 0 aliphatic heterocycles. The first-order valence-corrected chi connectivity index (χ1v) is 6.95. The molecule has 2 atom stereocenters. The Hall–Kier alpha value is 0.230. The van der Waals surface area contributed by atoms with Crippen molar-refractivity contribution in [2.45, 2.75) is 33.0 Å². The summed E-state index contributed by atoms with van der Waals surface area (Å²) in [5, 5.41) is 12.8. The minimum Gasteiger partial charge on any atom is -0.389 e. The van der Waals surface area contributed by atoms with Gasteiger partial charge in [0.25, 0.3) is 0 Å². The van der Waals surface area contributed by atoms with E-state index in [1.54, 1.807) is 0 Å². The van der Waals surface area contributed by atoms with E-state index in [0.29, 0.717) is 19.1 Å². The molecular formula is C11H25NO2S. The van der Waals surface area contributed by atoms with Crippen LogP contribution < -0.4 is 5.32 Å². The molecule has 0 aromatic heterocycles. The average Bonchev–Trinajstić information content (AvgIpc) is 2.15. The highest BCUT2D eigenvalue weighted by Crippen LogP contribution is 2.02. The molecule has 0 saturated carbocycles. The zero-order valence-electron chi connectivity index (χ0n) is 10.3. The van der Waals surface area contributed by atoms with Gasteiger partial charge in [0, 0.05) is 6.54 Å². The Labute approximate surface area is 98.0 Å². The van der Waals surface area contributed by atoms with E-state index in [0.717, 1.165) is 12.3 Å². The van der Waals surface area contributed by atoms with E-state index < -0.39 is 6.10 Å². The van der Waals surface area contributed by atoms with Crippen molar-refractivity contribution in [2.75, 3.05) is 31.7 Å². The lowest BCUT2D eigenvalue weighted by atomic mass is 10.2. The highest BCUT2D eigenvalue weighted by molar-refractivity contribution is 7.98. The van der Waals surface area contributed by atoms with Crippen LogP contribution in [-0.2, 0) is 4.74 Å². The summed E-state index contributed by atoms with van der Waals surface area (Å²) in [5.74, 6) is 1.81. The summed E-state index contributed by atoms with van der Waals surface area (Å²) in [6.45, 7) is 8.15. The van der Waals surface area contributed by atoms with E-state index in [4.69, 9.17) is 4.74 Å². The lowest BCUT2D eigenvalue weighted by molar-refractivity contribution is 0.00627. The van der Waals surface area contributed by atoms with Crippen LogP contribution in [0.25, 0.3) is 0 Å². The van der Waals surface area contributed by atoms with Gasteiger partial charge in [0.15, 0.2) is 0 Å². The lowest BCUT2D eigenvalue weighted by Gasteiger charge is -2.16. The van der Waals surface area contributed by atoms with E-state index >= 15 is 0 Å². The van der Waals surface area contributed by atoms with Gasteiger partial charge in [-0.2, -0.15) is 11.8 Å². The van der Waals surface area contributed by atoms with Gasteiger partial charge in [-0.15, -0.1) is 0 Å². The van der Waals surface area contributed by atoms with Gasteiger partial charge in [-0.05, 0) is 38.3 Å². The van der Waals surface area contributed by atoms with Gasteiger partial charge < -0.3 is 15.2 Å². The molecule has 0 spiro atoms. The molecule has 3 nitrogen and oxygen atoms in total. The van der Waals surface area contributed by atoms with Crippen LogP contribution in [-0.4, -0.2) is 49.0 Å². The maximum atomic E-state index is 9.55. The molecular weight excluding hydrogens is 210 g/mol. The van der Waals surface area contributed by atoms with Crippen molar-refractivity contribution in [3.05, 3.63) is 0 Å². The van der Waals surface area contributed by atoms with Crippen LogP contribution in [0.3, 0.4) is 0 Å². The molecule has 0 heterocycles. The SMILES string of the molecule is CSCC(C)CNCC(O)COC(C)C. The molecule has 2 unspecified atom stereocenters. The molecule has 92 valence electrons. The van der Waals surface area contributed by atoms with E-state index in [1.807, 2.05) is 25.6 Å². The van der Waals surface area contributed by atoms with Crippen LogP contribution in [0.15, 0.2) is 0 Å². The highest BCUT2D eigenvalue weighted by Gasteiger charge is 2.06. The van der Waals surface area contributed by atoms with Gasteiger partial charge in [-0.25, -0.2) is 0 Å². The topological polar surface area (TPSA) is 41.5 Å². The van der Waals surface area contributed by atoms with Gasteiger partial charge in [0.05, 0.1) is 18.8 Å². The first-order valence-electron chi connectivity index (χ1n) is 5.55. The van der Waals surface area contributed by atoms with Crippen LogP contribution in [0.1, 0.15) is 20.8 Å². The predicted molar refractivity (Wildman–Crippen MR) is 67.5 cm³/mol. The van der Waals surface area contributed by atoms with E-state index in [2.05, 4.69) is 18.5 Å². The molecule has 0 rings (SSSR count). The van der Waals surface area contributed by atoms with Crippen LogP contribution in [0, 0.1) is 5.92 Å². The van der Waals surface area contributed by atoms with Crippen LogP contribution >= 0.6 is 11.8 Å². The smallest absolute Gasteiger partial charge is 0.0897 e. The standard InChI is InChI=1S/C11H25NO2S/c1-9(2)14-7-11(13)6-12-5-10(3)8-15-4/h9-13H,5-8H2,1-4H3. The number of hydrogen-bond acceptors (Lipinski definition) is 4. The number of aliphatic hydroxyl groups is 1. The number of rotatable bonds is 9. The zero-order valence-corrected chi connectivity index (χ0v) is 11.1. The van der Waals surface area contributed by atoms with Crippen molar-refractivity contribution in [1.82, 2.24) is 5.32 Å². The van der Waals surface area contributed by atoms with E-state index in [-0.39, 0.29) is 6.10 Å². The fourth-order valence-electron chi connectivity index (χ4n) is 1.20. The lowest BCUT2D eigenvalue weighted by Crippen LogP contribution is -2.34. The normalized spacial score (nSPS) is 15.6. The maximum Gasteiger partial charge on any atom is 0.0897 e. The molecule has 0 aliphatic rings. The molecule has 0 amide bonds. The maximum absolute atomic E-state index is 9.55. The number of thioether (sulfide) groups is 1. The van der Waals surface area contributed by atoms with Crippen molar-refractivity contribution in [2.24, 2.45) is 5.92 Å². The fourth-order valence-corrected chi connectivity index (χ4v) is 1.89. The minimum absolute atomic E-state index is 0.190. The van der Waals surface area contributed by atoms with Crippen LogP contribution in [0.4, 0.5) is 0 Å². The zero-order chi connectivity index (χ0) is 11.7. The first kappa shape index (κ1) is 15.2. The number of ether oxygens (including phenoxy) is 1. The molecule has 0 saturated heterocycles. The van der Waals surface area contributed by atoms with Crippen molar-refractivity contribution >= 4 is 11.8 Å². The summed E-state index contributed by atoms with van der Waals surface area (Å²) in [7, 11) is 0. The second-order valence-corrected chi connectivity index (χ2v) is 5.17. The molecule has 0 aromatic carbocycles. The van der Waals surface area contributed by atoms with E-state index in [9.17, 15) is 5.11 Å². The third kappa shape index (κ3) is 10.5. The summed E-state index contributed by atoms with van der Waals surface area (Å²) in [4.78, 5) is 0. The molecule has 0 aromatic rings. The molecule has 0 bridgehead atoms. The molecule has 4 heteroatoms. The van der Waals surface area contributed by atoms with Crippen molar-refractivity contribution in [3.8, 4) is 0 Å². The van der Waals surface area contributed by atoms with Crippen molar-refractivity contribution < 1.29 is 9.84 Å². The third-order valence-corrected chi connectivity index (χ3v) is 2.85. The van der Waals surface area contributed by atoms with Crippen molar-refractivity contribution in [1.29, 1.82) is 0 Å². The second kappa shape index (κ2) is 9.46.